The van der Waals surface area contributed by atoms with Crippen LogP contribution in [0.5, 0.6) is 0 Å². The zero-order valence-corrected chi connectivity index (χ0v) is 5.90. The average molecular weight is 158 g/mol. The van der Waals surface area contributed by atoms with Crippen LogP contribution < -0.4 is 11.5 Å². The fraction of sp³-hybridized carbons (Fsp3) is 0.600. The molecule has 1 unspecified atom stereocenters. The molecule has 0 spiro atoms. The molecule has 1 aromatic rings. The lowest BCUT2D eigenvalue weighted by molar-refractivity contribution is 0.246. The zero-order chi connectivity index (χ0) is 8.27. The Kier molecular flexibility index (Phi) is 2.53. The molecule has 0 aliphatic carbocycles. The van der Waals surface area contributed by atoms with Crippen LogP contribution in [0, 0.1) is 0 Å². The molecule has 0 aliphatic rings. The van der Waals surface area contributed by atoms with E-state index >= 15 is 0 Å². The summed E-state index contributed by atoms with van der Waals surface area (Å²) in [5, 5.41) is 15.7. The van der Waals surface area contributed by atoms with E-state index in [9.17, 15) is 0 Å². The van der Waals surface area contributed by atoms with Gasteiger partial charge in [0.1, 0.15) is 6.04 Å². The number of nitrogens with zero attached hydrogens (tertiary/aromatic N) is 2. The van der Waals surface area contributed by atoms with Crippen molar-refractivity contribution in [2.75, 3.05) is 6.61 Å². The van der Waals surface area contributed by atoms with Gasteiger partial charge in [-0.1, -0.05) is 0 Å². The molecular formula is C5H10N4O2. The maximum absolute atomic E-state index is 8.59. The van der Waals surface area contributed by atoms with Crippen molar-refractivity contribution in [1.29, 1.82) is 0 Å². The van der Waals surface area contributed by atoms with Crippen LogP contribution in [0.2, 0.25) is 0 Å². The molecule has 5 N–H and O–H groups in total. The fourth-order valence-corrected chi connectivity index (χ4v) is 0.577. The minimum atomic E-state index is -0.609. The van der Waals surface area contributed by atoms with E-state index < -0.39 is 6.04 Å². The van der Waals surface area contributed by atoms with Crippen molar-refractivity contribution in [2.45, 2.75) is 12.6 Å². The molecular weight excluding hydrogens is 148 g/mol. The second-order valence-corrected chi connectivity index (χ2v) is 2.03. The summed E-state index contributed by atoms with van der Waals surface area (Å²) in [6, 6.07) is -0.609. The molecule has 0 aromatic carbocycles. The van der Waals surface area contributed by atoms with Gasteiger partial charge in [0.25, 0.3) is 0 Å². The predicted molar refractivity (Wildman–Crippen MR) is 36.2 cm³/mol. The second kappa shape index (κ2) is 3.42. The van der Waals surface area contributed by atoms with Crippen molar-refractivity contribution < 1.29 is 9.52 Å². The van der Waals surface area contributed by atoms with Crippen LogP contribution in [0.4, 0.5) is 0 Å². The molecule has 0 amide bonds. The van der Waals surface area contributed by atoms with Crippen LogP contribution in [0.15, 0.2) is 4.42 Å². The van der Waals surface area contributed by atoms with Gasteiger partial charge in [0.15, 0.2) is 0 Å². The second-order valence-electron chi connectivity index (χ2n) is 2.03. The van der Waals surface area contributed by atoms with Crippen molar-refractivity contribution in [3.63, 3.8) is 0 Å². The van der Waals surface area contributed by atoms with Crippen LogP contribution >= 0.6 is 0 Å². The Morgan fingerprint density at radius 1 is 1.55 bits per heavy atom. The van der Waals surface area contributed by atoms with Crippen molar-refractivity contribution in [3.05, 3.63) is 11.8 Å². The van der Waals surface area contributed by atoms with Crippen LogP contribution in [0.3, 0.4) is 0 Å². The highest BCUT2D eigenvalue weighted by molar-refractivity contribution is 4.87. The van der Waals surface area contributed by atoms with E-state index in [0.29, 0.717) is 5.89 Å². The molecule has 1 rings (SSSR count). The molecule has 6 nitrogen and oxygen atoms in total. The highest BCUT2D eigenvalue weighted by Crippen LogP contribution is 2.06. The van der Waals surface area contributed by atoms with Gasteiger partial charge in [-0.2, -0.15) is 0 Å². The third kappa shape index (κ3) is 1.73. The summed E-state index contributed by atoms with van der Waals surface area (Å²) in [5.74, 6) is 0.539. The molecule has 6 heteroatoms. The summed E-state index contributed by atoms with van der Waals surface area (Å²) in [6.07, 6.45) is 0. The summed E-state index contributed by atoms with van der Waals surface area (Å²) >= 11 is 0. The molecule has 0 saturated heterocycles. The van der Waals surface area contributed by atoms with Gasteiger partial charge in [0.2, 0.25) is 11.8 Å². The number of nitrogens with two attached hydrogens (primary N) is 2. The minimum absolute atomic E-state index is 0.186. The maximum Gasteiger partial charge on any atom is 0.235 e. The van der Waals surface area contributed by atoms with Crippen molar-refractivity contribution in [1.82, 2.24) is 10.2 Å². The van der Waals surface area contributed by atoms with E-state index in [2.05, 4.69) is 10.2 Å². The Labute approximate surface area is 63.2 Å². The van der Waals surface area contributed by atoms with E-state index in [4.69, 9.17) is 21.0 Å². The molecule has 0 saturated carbocycles. The Bertz CT molecular complexity index is 224. The monoisotopic (exact) mass is 158 g/mol. The average Bonchev–Trinajstić information content (AvgIpc) is 2.50. The highest BCUT2D eigenvalue weighted by Gasteiger charge is 2.11. The first-order valence-electron chi connectivity index (χ1n) is 3.16. The molecule has 0 aliphatic heterocycles. The Balaban J connectivity index is 2.71. The van der Waals surface area contributed by atoms with Gasteiger partial charge in [0, 0.05) is 0 Å². The Hall–Kier alpha value is -0.980. The van der Waals surface area contributed by atoms with Crippen LogP contribution in [-0.2, 0) is 6.54 Å². The zero-order valence-electron chi connectivity index (χ0n) is 5.90. The van der Waals surface area contributed by atoms with Gasteiger partial charge in [0.05, 0.1) is 13.2 Å². The number of hydrogen-bond donors (Lipinski definition) is 3. The molecule has 1 atom stereocenters. The largest absolute Gasteiger partial charge is 0.422 e. The van der Waals surface area contributed by atoms with Gasteiger partial charge < -0.3 is 21.0 Å². The first-order valence-corrected chi connectivity index (χ1v) is 3.16. The lowest BCUT2D eigenvalue weighted by atomic mass is 10.3. The number of rotatable bonds is 3. The summed E-state index contributed by atoms with van der Waals surface area (Å²) in [6.45, 7) is -0.0304. The van der Waals surface area contributed by atoms with Crippen molar-refractivity contribution in [3.8, 4) is 0 Å². The summed E-state index contributed by atoms with van der Waals surface area (Å²) in [5.41, 5.74) is 10.6. The van der Waals surface area contributed by atoms with E-state index in [1.54, 1.807) is 0 Å². The fourth-order valence-electron chi connectivity index (χ4n) is 0.577. The highest BCUT2D eigenvalue weighted by atomic mass is 16.4. The maximum atomic E-state index is 8.59. The number of aliphatic hydroxyl groups is 1. The molecule has 11 heavy (non-hydrogen) atoms. The van der Waals surface area contributed by atoms with Gasteiger partial charge in [-0.15, -0.1) is 10.2 Å². The lowest BCUT2D eigenvalue weighted by Crippen LogP contribution is -2.14. The van der Waals surface area contributed by atoms with Crippen LogP contribution in [0.1, 0.15) is 17.8 Å². The van der Waals surface area contributed by atoms with E-state index in [1.807, 2.05) is 0 Å². The van der Waals surface area contributed by atoms with E-state index in [0.717, 1.165) is 0 Å². The number of hydrogen-bond acceptors (Lipinski definition) is 6. The SMILES string of the molecule is NCc1nnc(C(N)CO)o1. The van der Waals surface area contributed by atoms with Gasteiger partial charge in [-0.05, 0) is 0 Å². The van der Waals surface area contributed by atoms with Crippen molar-refractivity contribution >= 4 is 0 Å². The lowest BCUT2D eigenvalue weighted by Gasteiger charge is -1.98. The Morgan fingerprint density at radius 2 is 2.27 bits per heavy atom. The summed E-state index contributed by atoms with van der Waals surface area (Å²) in [4.78, 5) is 0. The minimum Gasteiger partial charge on any atom is -0.422 e. The Morgan fingerprint density at radius 3 is 2.73 bits per heavy atom. The van der Waals surface area contributed by atoms with E-state index in [1.165, 1.54) is 0 Å². The van der Waals surface area contributed by atoms with E-state index in [-0.39, 0.29) is 19.0 Å². The first-order chi connectivity index (χ1) is 5.27. The molecule has 1 aromatic heterocycles. The normalized spacial score (nSPS) is 13.4. The van der Waals surface area contributed by atoms with Gasteiger partial charge in [-0.25, -0.2) is 0 Å². The van der Waals surface area contributed by atoms with Crippen LogP contribution in [0.25, 0.3) is 0 Å². The van der Waals surface area contributed by atoms with Gasteiger partial charge >= 0.3 is 0 Å². The third-order valence-corrected chi connectivity index (χ3v) is 1.17. The number of aromatic nitrogens is 2. The smallest absolute Gasteiger partial charge is 0.235 e. The first kappa shape index (κ1) is 8.12. The standard InChI is InChI=1S/C5H10N4O2/c6-1-4-8-9-5(11-4)3(7)2-10/h3,10H,1-2,6-7H2. The quantitative estimate of drug-likeness (QED) is 0.494. The number of aliphatic hydroxyl groups excluding tert-OH is 1. The molecule has 1 heterocycles. The van der Waals surface area contributed by atoms with Crippen LogP contribution in [-0.4, -0.2) is 21.9 Å². The topological polar surface area (TPSA) is 111 Å². The molecule has 0 fully saturated rings. The van der Waals surface area contributed by atoms with Gasteiger partial charge in [-0.3, -0.25) is 0 Å². The predicted octanol–water partition coefficient (Wildman–Crippen LogP) is -1.48. The summed E-state index contributed by atoms with van der Waals surface area (Å²) < 4.78 is 4.95. The summed E-state index contributed by atoms with van der Waals surface area (Å²) in [7, 11) is 0. The molecule has 0 radical (unpaired) electrons. The third-order valence-electron chi connectivity index (χ3n) is 1.17. The van der Waals surface area contributed by atoms with Crippen molar-refractivity contribution in [2.24, 2.45) is 11.5 Å². The molecule has 62 valence electrons. The molecule has 0 bridgehead atoms.